The summed E-state index contributed by atoms with van der Waals surface area (Å²) in [5.41, 5.74) is 0.680. The third-order valence-corrected chi connectivity index (χ3v) is 5.21. The zero-order valence-electron chi connectivity index (χ0n) is 15.7. The fraction of sp³-hybridized carbons (Fsp3) is 0.211. The number of benzene rings is 2. The zero-order chi connectivity index (χ0) is 20.8. The van der Waals surface area contributed by atoms with Crippen LogP contribution in [0.25, 0.3) is 5.69 Å². The number of thioether (sulfide) groups is 1. The molecule has 0 aliphatic rings. The third-order valence-electron chi connectivity index (χ3n) is 3.94. The summed E-state index contributed by atoms with van der Waals surface area (Å²) >= 11 is 7.18. The molecule has 1 aromatic heterocycles. The number of H-pyrrole nitrogens is 1. The van der Waals surface area contributed by atoms with Gasteiger partial charge in [-0.1, -0.05) is 11.6 Å². The summed E-state index contributed by atoms with van der Waals surface area (Å²) < 4.78 is 16.8. The molecule has 1 heterocycles. The predicted octanol–water partition coefficient (Wildman–Crippen LogP) is 3.04. The zero-order valence-corrected chi connectivity index (χ0v) is 17.3. The molecule has 29 heavy (non-hydrogen) atoms. The van der Waals surface area contributed by atoms with E-state index in [1.54, 1.807) is 49.6 Å². The van der Waals surface area contributed by atoms with Crippen molar-refractivity contribution >= 4 is 35.0 Å². The Kier molecular flexibility index (Phi) is 6.84. The lowest BCUT2D eigenvalue weighted by molar-refractivity contribution is -0.704. The predicted molar refractivity (Wildman–Crippen MR) is 109 cm³/mol. The Morgan fingerprint density at radius 3 is 2.66 bits per heavy atom. The van der Waals surface area contributed by atoms with E-state index in [2.05, 4.69) is 10.6 Å². The monoisotopic (exact) mass is 436 g/mol. The van der Waals surface area contributed by atoms with Gasteiger partial charge in [-0.3, -0.25) is 9.32 Å². The molecular weight excluding hydrogens is 418 g/mol. The highest BCUT2D eigenvalue weighted by molar-refractivity contribution is 7.99. The summed E-state index contributed by atoms with van der Waals surface area (Å²) in [6.45, 7) is 0. The highest BCUT2D eigenvalue weighted by atomic mass is 35.5. The number of hydrogen-bond acceptors (Lipinski definition) is 6. The quantitative estimate of drug-likeness (QED) is 0.416. The molecule has 3 rings (SSSR count). The van der Waals surface area contributed by atoms with Crippen molar-refractivity contribution in [3.8, 4) is 17.2 Å². The lowest BCUT2D eigenvalue weighted by Crippen LogP contribution is -2.36. The van der Waals surface area contributed by atoms with Gasteiger partial charge in [0.15, 0.2) is 0 Å². The normalized spacial score (nSPS) is 10.6. The molecule has 0 radical (unpaired) electrons. The molecule has 10 heteroatoms. The van der Waals surface area contributed by atoms with Crippen LogP contribution in [0, 0.1) is 0 Å². The van der Waals surface area contributed by atoms with E-state index in [1.807, 2.05) is 0 Å². The summed E-state index contributed by atoms with van der Waals surface area (Å²) in [7, 11) is 3.09. The highest BCUT2D eigenvalue weighted by Gasteiger charge is 2.24. The van der Waals surface area contributed by atoms with E-state index in [1.165, 1.54) is 23.6 Å². The second-order valence-corrected chi connectivity index (χ2v) is 7.33. The van der Waals surface area contributed by atoms with Crippen LogP contribution >= 0.6 is 23.4 Å². The number of aromatic nitrogens is 2. The number of anilines is 1. The fourth-order valence-corrected chi connectivity index (χ4v) is 3.60. The largest absolute Gasteiger partial charge is 0.497 e. The number of halogens is 1. The number of aromatic amines is 1. The second kappa shape index (κ2) is 9.53. The van der Waals surface area contributed by atoms with Crippen LogP contribution in [0.4, 0.5) is 5.69 Å². The van der Waals surface area contributed by atoms with E-state index in [-0.39, 0.29) is 12.3 Å². The van der Waals surface area contributed by atoms with Crippen molar-refractivity contribution in [2.45, 2.75) is 11.4 Å². The van der Waals surface area contributed by atoms with Gasteiger partial charge in [-0.2, -0.15) is 0 Å². The molecule has 0 fully saturated rings. The number of nitrogens with one attached hydrogen (secondary N) is 2. The maximum atomic E-state index is 12.3. The molecule has 2 aromatic carbocycles. The lowest BCUT2D eigenvalue weighted by atomic mass is 10.3. The van der Waals surface area contributed by atoms with E-state index in [0.717, 1.165) is 0 Å². The smallest absolute Gasteiger partial charge is 0.442 e. The van der Waals surface area contributed by atoms with E-state index >= 15 is 0 Å². The summed E-state index contributed by atoms with van der Waals surface area (Å²) in [6, 6.07) is 12.1. The summed E-state index contributed by atoms with van der Waals surface area (Å²) in [6.07, 6.45) is 0.174. The number of methoxy groups -OCH3 is 2. The van der Waals surface area contributed by atoms with Gasteiger partial charge in [0.2, 0.25) is 11.6 Å². The summed E-state index contributed by atoms with van der Waals surface area (Å²) in [5, 5.41) is 6.15. The Labute approximate surface area is 175 Å². The third kappa shape index (κ3) is 5.12. The minimum absolute atomic E-state index is 0.174. The van der Waals surface area contributed by atoms with Crippen LogP contribution < -0.4 is 25.1 Å². The first-order valence-electron chi connectivity index (χ1n) is 8.56. The van der Waals surface area contributed by atoms with Gasteiger partial charge in [0.1, 0.15) is 11.5 Å². The van der Waals surface area contributed by atoms with Gasteiger partial charge < -0.3 is 14.8 Å². The molecule has 152 valence electrons. The standard InChI is InChI=1S/C19H18ClN3O5S/c1-26-14-6-4-13(5-7-14)23-18(19(25)28-22-23)29-10-9-17(24)21-15-11-12(20)3-8-16(15)27-2/h3-8,11H,9-10H2,1-2H3,(H-,21,22,24,25)/p+1. The minimum atomic E-state index is -0.511. The van der Waals surface area contributed by atoms with Crippen LogP contribution in [0.5, 0.6) is 11.5 Å². The number of ether oxygens (including phenoxy) is 2. The van der Waals surface area contributed by atoms with E-state index in [4.69, 9.17) is 25.6 Å². The van der Waals surface area contributed by atoms with Gasteiger partial charge >= 0.3 is 10.7 Å². The van der Waals surface area contributed by atoms with Gasteiger partial charge in [-0.05, 0) is 52.0 Å². The van der Waals surface area contributed by atoms with E-state index < -0.39 is 5.63 Å². The molecule has 2 N–H and O–H groups in total. The molecule has 0 aliphatic heterocycles. The molecule has 1 amide bonds. The number of amides is 1. The van der Waals surface area contributed by atoms with Gasteiger partial charge in [-0.15, -0.1) is 0 Å². The SMILES string of the molecule is COc1ccc(-[n+]2[nH]oc(=O)c2SCCC(=O)Nc2cc(Cl)ccc2OC)cc1. The average Bonchev–Trinajstić information content (AvgIpc) is 3.09. The highest BCUT2D eigenvalue weighted by Crippen LogP contribution is 2.28. The molecular formula is C19H19ClN3O5S+. The number of hydrogen-bond donors (Lipinski definition) is 2. The first-order chi connectivity index (χ1) is 14.0. The molecule has 0 atom stereocenters. The van der Waals surface area contributed by atoms with Crippen molar-refractivity contribution < 1.29 is 23.5 Å². The van der Waals surface area contributed by atoms with Crippen molar-refractivity contribution in [3.63, 3.8) is 0 Å². The number of carbonyl (C=O) groups excluding carboxylic acids is 1. The molecule has 0 spiro atoms. The number of rotatable bonds is 8. The molecule has 0 bridgehead atoms. The van der Waals surface area contributed by atoms with Crippen LogP contribution in [0.15, 0.2) is 56.8 Å². The molecule has 0 saturated heterocycles. The first kappa shape index (κ1) is 20.8. The van der Waals surface area contributed by atoms with Gasteiger partial charge in [-0.25, -0.2) is 4.79 Å². The Bertz CT molecular complexity index is 1050. The lowest BCUT2D eigenvalue weighted by Gasteiger charge is -2.10. The average molecular weight is 437 g/mol. The molecule has 3 aromatic rings. The molecule has 0 saturated carbocycles. The first-order valence-corrected chi connectivity index (χ1v) is 9.92. The van der Waals surface area contributed by atoms with Gasteiger partial charge in [0.25, 0.3) is 0 Å². The Morgan fingerprint density at radius 1 is 1.21 bits per heavy atom. The number of carbonyl (C=O) groups is 1. The summed E-state index contributed by atoms with van der Waals surface area (Å²) in [5.74, 6) is 1.35. The topological polar surface area (TPSA) is 97.4 Å². The van der Waals surface area contributed by atoms with E-state index in [0.29, 0.717) is 38.7 Å². The molecule has 0 aliphatic carbocycles. The fourth-order valence-electron chi connectivity index (χ4n) is 2.52. The van der Waals surface area contributed by atoms with Crippen molar-refractivity contribution in [1.29, 1.82) is 0 Å². The maximum Gasteiger partial charge on any atom is 0.442 e. The molecule has 0 unspecified atom stereocenters. The van der Waals surface area contributed by atoms with Crippen molar-refractivity contribution in [1.82, 2.24) is 5.27 Å². The van der Waals surface area contributed by atoms with Crippen LogP contribution in [-0.2, 0) is 4.79 Å². The van der Waals surface area contributed by atoms with Crippen LogP contribution in [0.3, 0.4) is 0 Å². The van der Waals surface area contributed by atoms with Crippen LogP contribution in [0.1, 0.15) is 6.42 Å². The Balaban J connectivity index is 1.63. The van der Waals surface area contributed by atoms with Gasteiger partial charge in [0, 0.05) is 29.3 Å². The Hall–Kier alpha value is -2.91. The van der Waals surface area contributed by atoms with Crippen LogP contribution in [0.2, 0.25) is 5.02 Å². The number of nitrogens with zero attached hydrogens (tertiary/aromatic N) is 1. The Morgan fingerprint density at radius 2 is 1.97 bits per heavy atom. The van der Waals surface area contributed by atoms with Crippen LogP contribution in [-0.4, -0.2) is 31.2 Å². The van der Waals surface area contributed by atoms with Crippen molar-refractivity contribution in [2.24, 2.45) is 0 Å². The molecule has 8 nitrogen and oxygen atoms in total. The van der Waals surface area contributed by atoms with Crippen molar-refractivity contribution in [3.05, 3.63) is 57.9 Å². The second-order valence-electron chi connectivity index (χ2n) is 5.81. The summed E-state index contributed by atoms with van der Waals surface area (Å²) in [4.78, 5) is 24.3. The van der Waals surface area contributed by atoms with Gasteiger partial charge in [0.05, 0.1) is 19.9 Å². The van der Waals surface area contributed by atoms with E-state index in [9.17, 15) is 9.59 Å². The minimum Gasteiger partial charge on any atom is -0.497 e. The maximum absolute atomic E-state index is 12.3. The van der Waals surface area contributed by atoms with Crippen molar-refractivity contribution in [2.75, 3.05) is 25.3 Å².